The molecule has 4 rings (SSSR count). The lowest BCUT2D eigenvalue weighted by atomic mass is 9.67. The number of carbonyl (C=O) groups is 1. The summed E-state index contributed by atoms with van der Waals surface area (Å²) in [7, 11) is 0. The molecule has 2 atom stereocenters. The molecule has 0 unspecified atom stereocenters. The molecule has 24 heavy (non-hydrogen) atoms. The van der Waals surface area contributed by atoms with Gasteiger partial charge in [0, 0.05) is 12.6 Å². The van der Waals surface area contributed by atoms with E-state index in [-0.39, 0.29) is 18.1 Å². The van der Waals surface area contributed by atoms with E-state index in [2.05, 4.69) is 10.6 Å². The molecule has 1 aromatic carbocycles. The van der Waals surface area contributed by atoms with E-state index in [1.54, 1.807) is 0 Å². The summed E-state index contributed by atoms with van der Waals surface area (Å²) in [5.74, 6) is 2.85. The van der Waals surface area contributed by atoms with E-state index in [0.29, 0.717) is 24.8 Å². The molecule has 0 bridgehead atoms. The van der Waals surface area contributed by atoms with Crippen molar-refractivity contribution in [3.8, 4) is 17.2 Å². The van der Waals surface area contributed by atoms with Gasteiger partial charge in [0.05, 0.1) is 12.0 Å². The molecule has 0 aromatic heterocycles. The van der Waals surface area contributed by atoms with E-state index in [0.717, 1.165) is 43.9 Å². The van der Waals surface area contributed by atoms with Gasteiger partial charge < -0.3 is 24.8 Å². The molecule has 1 amide bonds. The zero-order valence-electron chi connectivity index (χ0n) is 13.8. The van der Waals surface area contributed by atoms with E-state index in [9.17, 15) is 4.79 Å². The highest BCUT2D eigenvalue weighted by atomic mass is 16.7. The molecule has 0 radical (unpaired) electrons. The smallest absolute Gasteiger partial charge is 0.231 e. The van der Waals surface area contributed by atoms with Crippen molar-refractivity contribution in [2.24, 2.45) is 11.3 Å². The number of nitrogens with one attached hydrogen (secondary N) is 2. The van der Waals surface area contributed by atoms with Gasteiger partial charge in [-0.3, -0.25) is 4.79 Å². The largest absolute Gasteiger partial charge is 0.492 e. The van der Waals surface area contributed by atoms with Crippen LogP contribution in [0.2, 0.25) is 0 Å². The topological polar surface area (TPSA) is 68.8 Å². The highest BCUT2D eigenvalue weighted by molar-refractivity contribution is 5.83. The first-order chi connectivity index (χ1) is 11.8. The molecule has 130 valence electrons. The number of hydrogen-bond donors (Lipinski definition) is 2. The highest BCUT2D eigenvalue weighted by Crippen LogP contribution is 2.43. The summed E-state index contributed by atoms with van der Waals surface area (Å²) in [6.07, 6.45) is 4.56. The van der Waals surface area contributed by atoms with Crippen LogP contribution in [0.1, 0.15) is 25.7 Å². The van der Waals surface area contributed by atoms with Crippen LogP contribution in [0.5, 0.6) is 17.2 Å². The van der Waals surface area contributed by atoms with Crippen LogP contribution in [0.15, 0.2) is 18.2 Å². The second kappa shape index (κ2) is 6.51. The Morgan fingerprint density at radius 2 is 2.25 bits per heavy atom. The van der Waals surface area contributed by atoms with Gasteiger partial charge >= 0.3 is 0 Å². The van der Waals surface area contributed by atoms with E-state index in [1.165, 1.54) is 6.42 Å². The quantitative estimate of drug-likeness (QED) is 0.803. The highest BCUT2D eigenvalue weighted by Gasteiger charge is 2.49. The summed E-state index contributed by atoms with van der Waals surface area (Å²) in [6, 6.07) is 5.51. The minimum atomic E-state index is -0.197. The maximum absolute atomic E-state index is 12.7. The third kappa shape index (κ3) is 2.79. The van der Waals surface area contributed by atoms with E-state index in [4.69, 9.17) is 14.2 Å². The summed E-state index contributed by atoms with van der Waals surface area (Å²) in [5.41, 5.74) is -0.197. The van der Waals surface area contributed by atoms with Crippen molar-refractivity contribution in [3.63, 3.8) is 0 Å². The van der Waals surface area contributed by atoms with Crippen LogP contribution in [0.3, 0.4) is 0 Å². The Kier molecular flexibility index (Phi) is 4.22. The molecule has 2 aliphatic heterocycles. The maximum atomic E-state index is 12.7. The van der Waals surface area contributed by atoms with Gasteiger partial charge in [-0.05, 0) is 37.4 Å². The van der Waals surface area contributed by atoms with Crippen molar-refractivity contribution in [1.82, 2.24) is 10.6 Å². The van der Waals surface area contributed by atoms with Crippen molar-refractivity contribution < 1.29 is 19.0 Å². The average molecular weight is 332 g/mol. The zero-order valence-corrected chi connectivity index (χ0v) is 13.8. The predicted octanol–water partition coefficient (Wildman–Crippen LogP) is 1.69. The third-order valence-electron chi connectivity index (χ3n) is 5.49. The number of fused-ring (bicyclic) bond motifs is 2. The van der Waals surface area contributed by atoms with Crippen LogP contribution in [-0.2, 0) is 4.79 Å². The van der Waals surface area contributed by atoms with Crippen LogP contribution in [0.4, 0.5) is 0 Å². The lowest BCUT2D eigenvalue weighted by Gasteiger charge is -2.37. The molecule has 1 aliphatic carbocycles. The molecule has 2 fully saturated rings. The molecule has 6 nitrogen and oxygen atoms in total. The van der Waals surface area contributed by atoms with Gasteiger partial charge in [-0.25, -0.2) is 0 Å². The Balaban J connectivity index is 1.27. The fraction of sp³-hybridized carbons (Fsp3) is 0.611. The van der Waals surface area contributed by atoms with Crippen LogP contribution in [0.25, 0.3) is 0 Å². The third-order valence-corrected chi connectivity index (χ3v) is 5.49. The Hall–Kier alpha value is -1.95. The van der Waals surface area contributed by atoms with Gasteiger partial charge in [-0.2, -0.15) is 0 Å². The summed E-state index contributed by atoms with van der Waals surface area (Å²) in [5, 5.41) is 6.49. The normalized spacial score (nSPS) is 27.6. The first-order valence-corrected chi connectivity index (χ1v) is 8.79. The SMILES string of the molecule is O=C(NCCOc1ccc2c(c1)OCO2)[C@@]12CCCC[C@H]1CNC2. The average Bonchev–Trinajstić information content (AvgIpc) is 3.25. The fourth-order valence-electron chi connectivity index (χ4n) is 4.17. The minimum Gasteiger partial charge on any atom is -0.492 e. The lowest BCUT2D eigenvalue weighted by molar-refractivity contribution is -0.134. The molecule has 3 aliphatic rings. The van der Waals surface area contributed by atoms with E-state index >= 15 is 0 Å². The second-order valence-corrected chi connectivity index (χ2v) is 6.85. The molecule has 1 aromatic rings. The molecule has 6 heteroatoms. The number of ether oxygens (including phenoxy) is 3. The molecule has 2 heterocycles. The first kappa shape index (κ1) is 15.6. The summed E-state index contributed by atoms with van der Waals surface area (Å²) in [4.78, 5) is 12.7. The molecule has 0 spiro atoms. The molecular weight excluding hydrogens is 308 g/mol. The number of carbonyl (C=O) groups excluding carboxylic acids is 1. The van der Waals surface area contributed by atoms with Crippen molar-refractivity contribution in [2.45, 2.75) is 25.7 Å². The van der Waals surface area contributed by atoms with Crippen molar-refractivity contribution in [3.05, 3.63) is 18.2 Å². The van der Waals surface area contributed by atoms with Crippen LogP contribution < -0.4 is 24.8 Å². The van der Waals surface area contributed by atoms with Gasteiger partial charge in [0.1, 0.15) is 12.4 Å². The monoisotopic (exact) mass is 332 g/mol. The van der Waals surface area contributed by atoms with Crippen molar-refractivity contribution >= 4 is 5.91 Å². The first-order valence-electron chi connectivity index (χ1n) is 8.79. The van der Waals surface area contributed by atoms with Gasteiger partial charge in [0.25, 0.3) is 0 Å². The van der Waals surface area contributed by atoms with E-state index in [1.807, 2.05) is 18.2 Å². The number of amides is 1. The van der Waals surface area contributed by atoms with Crippen LogP contribution in [0, 0.1) is 11.3 Å². The van der Waals surface area contributed by atoms with Gasteiger partial charge in [0.2, 0.25) is 12.7 Å². The summed E-state index contributed by atoms with van der Waals surface area (Å²) < 4.78 is 16.3. The zero-order chi connectivity index (χ0) is 16.4. The number of rotatable bonds is 5. The Labute approximate surface area is 141 Å². The van der Waals surface area contributed by atoms with Crippen molar-refractivity contribution in [2.75, 3.05) is 33.0 Å². The van der Waals surface area contributed by atoms with Crippen LogP contribution in [-0.4, -0.2) is 38.9 Å². The number of hydrogen-bond acceptors (Lipinski definition) is 5. The Bertz CT molecular complexity index is 621. The minimum absolute atomic E-state index is 0.187. The Morgan fingerprint density at radius 3 is 3.21 bits per heavy atom. The summed E-state index contributed by atoms with van der Waals surface area (Å²) >= 11 is 0. The maximum Gasteiger partial charge on any atom is 0.231 e. The molecule has 2 N–H and O–H groups in total. The van der Waals surface area contributed by atoms with Gasteiger partial charge in [0.15, 0.2) is 11.5 Å². The number of benzene rings is 1. The Morgan fingerprint density at radius 1 is 1.33 bits per heavy atom. The fourth-order valence-corrected chi connectivity index (χ4v) is 4.17. The second-order valence-electron chi connectivity index (χ2n) is 6.85. The van der Waals surface area contributed by atoms with Gasteiger partial charge in [-0.1, -0.05) is 12.8 Å². The van der Waals surface area contributed by atoms with E-state index < -0.39 is 0 Å². The summed E-state index contributed by atoms with van der Waals surface area (Å²) in [6.45, 7) is 3.00. The van der Waals surface area contributed by atoms with Gasteiger partial charge in [-0.15, -0.1) is 0 Å². The standard InChI is InChI=1S/C18H24N2O4/c21-17(18-6-2-1-3-13(18)10-19-11-18)20-7-8-22-14-4-5-15-16(9-14)24-12-23-15/h4-5,9,13,19H,1-3,6-8,10-12H2,(H,20,21)/t13-,18+/m0/s1. The van der Waals surface area contributed by atoms with Crippen LogP contribution >= 0.6 is 0 Å². The lowest BCUT2D eigenvalue weighted by Crippen LogP contribution is -2.48. The predicted molar refractivity (Wildman–Crippen MR) is 88.3 cm³/mol. The molecule has 1 saturated carbocycles. The molecule has 1 saturated heterocycles. The molecular formula is C18H24N2O4. The van der Waals surface area contributed by atoms with Crippen molar-refractivity contribution in [1.29, 1.82) is 0 Å².